The smallest absolute Gasteiger partial charge is 0.464 e. The highest BCUT2D eigenvalue weighted by atomic mass is 16.7. The number of carbonyl (C=O) groups is 1. The summed E-state index contributed by atoms with van der Waals surface area (Å²) >= 11 is 0. The first-order valence-corrected chi connectivity index (χ1v) is 5.89. The summed E-state index contributed by atoms with van der Waals surface area (Å²) in [6.07, 6.45) is 1.70. The van der Waals surface area contributed by atoms with E-state index in [4.69, 9.17) is 9.31 Å². The molecule has 18 heavy (non-hydrogen) atoms. The van der Waals surface area contributed by atoms with Crippen molar-refractivity contribution in [1.29, 1.82) is 0 Å². The molecule has 6 heteroatoms. The lowest BCUT2D eigenvalue weighted by Crippen LogP contribution is -2.41. The molecule has 1 aliphatic rings. The molecule has 0 unspecified atom stereocenters. The van der Waals surface area contributed by atoms with Crippen molar-refractivity contribution in [1.82, 2.24) is 4.98 Å². The van der Waals surface area contributed by atoms with E-state index in [1.54, 1.807) is 12.3 Å². The summed E-state index contributed by atoms with van der Waals surface area (Å²) in [5, 5.41) is 0. The molecule has 0 aliphatic carbocycles. The molecular formula is C12H18BNO4. The summed E-state index contributed by atoms with van der Waals surface area (Å²) in [5.74, 6) is -0.405. The standard InChI is InChI=1S/C12H18BNO4/c1-11(2)12(3,4)18-13(17-11)8-6-9(14-7-8)10(15)16-5/h6-7,14H,1-5H3. The van der Waals surface area contributed by atoms with E-state index < -0.39 is 13.1 Å². The molecule has 0 atom stereocenters. The van der Waals surface area contributed by atoms with Crippen molar-refractivity contribution >= 4 is 18.6 Å². The topological polar surface area (TPSA) is 60.6 Å². The fraction of sp³-hybridized carbons (Fsp3) is 0.583. The van der Waals surface area contributed by atoms with Crippen LogP contribution >= 0.6 is 0 Å². The lowest BCUT2D eigenvalue weighted by atomic mass is 9.81. The van der Waals surface area contributed by atoms with Crippen LogP contribution in [0.4, 0.5) is 0 Å². The summed E-state index contributed by atoms with van der Waals surface area (Å²) in [6, 6.07) is 1.69. The van der Waals surface area contributed by atoms with Gasteiger partial charge < -0.3 is 19.0 Å². The number of methoxy groups -OCH3 is 1. The second kappa shape index (κ2) is 4.14. The SMILES string of the molecule is COC(=O)c1cc(B2OC(C)(C)C(C)(C)O2)c[nH]1. The minimum Gasteiger partial charge on any atom is -0.464 e. The van der Waals surface area contributed by atoms with Gasteiger partial charge in [-0.05, 0) is 33.8 Å². The molecule has 1 fully saturated rings. The first kappa shape index (κ1) is 13.2. The van der Waals surface area contributed by atoms with Gasteiger partial charge in [-0.1, -0.05) is 0 Å². The molecule has 1 aromatic rings. The quantitative estimate of drug-likeness (QED) is 0.631. The van der Waals surface area contributed by atoms with Crippen LogP contribution in [0.25, 0.3) is 0 Å². The normalized spacial score (nSPS) is 21.1. The Morgan fingerprint density at radius 1 is 1.28 bits per heavy atom. The third-order valence-corrected chi connectivity index (χ3v) is 3.64. The third kappa shape index (κ3) is 2.06. The molecule has 2 heterocycles. The fourth-order valence-electron chi connectivity index (χ4n) is 1.75. The van der Waals surface area contributed by atoms with E-state index in [9.17, 15) is 4.79 Å². The number of rotatable bonds is 2. The Morgan fingerprint density at radius 3 is 2.33 bits per heavy atom. The van der Waals surface area contributed by atoms with Crippen molar-refractivity contribution in [2.24, 2.45) is 0 Å². The number of hydrogen-bond donors (Lipinski definition) is 1. The van der Waals surface area contributed by atoms with Crippen LogP contribution in [-0.4, -0.2) is 36.4 Å². The first-order chi connectivity index (χ1) is 8.27. The Hall–Kier alpha value is -1.27. The predicted molar refractivity (Wildman–Crippen MR) is 67.8 cm³/mol. The van der Waals surface area contributed by atoms with Gasteiger partial charge in [-0.3, -0.25) is 0 Å². The molecule has 0 aromatic carbocycles. The number of hydrogen-bond acceptors (Lipinski definition) is 4. The van der Waals surface area contributed by atoms with Crippen LogP contribution in [0.3, 0.4) is 0 Å². The molecule has 0 spiro atoms. The summed E-state index contributed by atoms with van der Waals surface area (Å²) in [5.41, 5.74) is 0.400. The van der Waals surface area contributed by atoms with Crippen LogP contribution in [0.2, 0.25) is 0 Å². The van der Waals surface area contributed by atoms with Gasteiger partial charge in [0.15, 0.2) is 0 Å². The maximum Gasteiger partial charge on any atom is 0.496 e. The summed E-state index contributed by atoms with van der Waals surface area (Å²) in [4.78, 5) is 14.2. The molecule has 0 bridgehead atoms. The van der Waals surface area contributed by atoms with Gasteiger partial charge in [-0.2, -0.15) is 0 Å². The van der Waals surface area contributed by atoms with Gasteiger partial charge >= 0.3 is 13.1 Å². The minimum atomic E-state index is -0.468. The van der Waals surface area contributed by atoms with Gasteiger partial charge in [-0.15, -0.1) is 0 Å². The number of aromatic amines is 1. The Kier molecular flexibility index (Phi) is 3.03. The minimum absolute atomic E-state index is 0.389. The molecule has 1 N–H and O–H groups in total. The van der Waals surface area contributed by atoms with Crippen molar-refractivity contribution in [3.05, 3.63) is 18.0 Å². The monoisotopic (exact) mass is 251 g/mol. The lowest BCUT2D eigenvalue weighted by molar-refractivity contribution is 0.00578. The number of aromatic nitrogens is 1. The Morgan fingerprint density at radius 2 is 1.83 bits per heavy atom. The molecule has 2 rings (SSSR count). The van der Waals surface area contributed by atoms with Gasteiger partial charge in [0.2, 0.25) is 0 Å². The molecule has 0 amide bonds. The van der Waals surface area contributed by atoms with Gasteiger partial charge in [0.05, 0.1) is 18.3 Å². The average molecular weight is 251 g/mol. The molecule has 1 saturated heterocycles. The molecule has 1 aliphatic heterocycles. The van der Waals surface area contributed by atoms with E-state index >= 15 is 0 Å². The highest BCUT2D eigenvalue weighted by Gasteiger charge is 2.52. The summed E-state index contributed by atoms with van der Waals surface area (Å²) in [6.45, 7) is 7.95. The van der Waals surface area contributed by atoms with Crippen molar-refractivity contribution in [2.75, 3.05) is 7.11 Å². The highest BCUT2D eigenvalue weighted by molar-refractivity contribution is 6.62. The number of esters is 1. The van der Waals surface area contributed by atoms with Crippen LogP contribution in [0, 0.1) is 0 Å². The van der Waals surface area contributed by atoms with Crippen molar-refractivity contribution in [3.8, 4) is 0 Å². The van der Waals surface area contributed by atoms with Gasteiger partial charge in [0.25, 0.3) is 0 Å². The second-order valence-electron chi connectivity index (χ2n) is 5.43. The van der Waals surface area contributed by atoms with Gasteiger partial charge in [-0.25, -0.2) is 4.79 Å². The lowest BCUT2D eigenvalue weighted by Gasteiger charge is -2.32. The molecule has 0 saturated carbocycles. The molecule has 1 aromatic heterocycles. The fourth-order valence-corrected chi connectivity index (χ4v) is 1.75. The highest BCUT2D eigenvalue weighted by Crippen LogP contribution is 2.36. The van der Waals surface area contributed by atoms with Crippen LogP contribution in [0.1, 0.15) is 38.2 Å². The first-order valence-electron chi connectivity index (χ1n) is 5.89. The Bertz CT molecular complexity index is 450. The molecule has 5 nitrogen and oxygen atoms in total. The van der Waals surface area contributed by atoms with Crippen LogP contribution in [0.5, 0.6) is 0 Å². The van der Waals surface area contributed by atoms with Crippen molar-refractivity contribution < 1.29 is 18.8 Å². The Labute approximate surface area is 107 Å². The van der Waals surface area contributed by atoms with Gasteiger partial charge in [0, 0.05) is 11.7 Å². The van der Waals surface area contributed by atoms with E-state index in [1.807, 2.05) is 27.7 Å². The summed E-state index contributed by atoms with van der Waals surface area (Å²) < 4.78 is 16.4. The summed E-state index contributed by atoms with van der Waals surface area (Å²) in [7, 11) is 0.877. The molecule has 98 valence electrons. The third-order valence-electron chi connectivity index (χ3n) is 3.64. The predicted octanol–water partition coefficient (Wildman–Crippen LogP) is 1.10. The zero-order chi connectivity index (χ0) is 13.6. The number of nitrogens with one attached hydrogen (secondary N) is 1. The number of H-pyrrole nitrogens is 1. The molecule has 0 radical (unpaired) electrons. The van der Waals surface area contributed by atoms with E-state index in [2.05, 4.69) is 9.72 Å². The average Bonchev–Trinajstić information content (AvgIpc) is 2.82. The van der Waals surface area contributed by atoms with Crippen LogP contribution in [0.15, 0.2) is 12.3 Å². The maximum atomic E-state index is 11.4. The second-order valence-corrected chi connectivity index (χ2v) is 5.43. The zero-order valence-corrected chi connectivity index (χ0v) is 11.4. The molecular weight excluding hydrogens is 233 g/mol. The number of ether oxygens (including phenoxy) is 1. The van der Waals surface area contributed by atoms with E-state index in [-0.39, 0.29) is 11.2 Å². The van der Waals surface area contributed by atoms with E-state index in [0.717, 1.165) is 5.46 Å². The van der Waals surface area contributed by atoms with Crippen LogP contribution in [-0.2, 0) is 14.0 Å². The number of carbonyl (C=O) groups excluding carboxylic acids is 1. The van der Waals surface area contributed by atoms with E-state index in [0.29, 0.717) is 5.69 Å². The maximum absolute atomic E-state index is 11.4. The zero-order valence-electron chi connectivity index (χ0n) is 11.4. The van der Waals surface area contributed by atoms with Crippen molar-refractivity contribution in [2.45, 2.75) is 38.9 Å². The van der Waals surface area contributed by atoms with Gasteiger partial charge in [0.1, 0.15) is 5.69 Å². The van der Waals surface area contributed by atoms with Crippen molar-refractivity contribution in [3.63, 3.8) is 0 Å². The van der Waals surface area contributed by atoms with E-state index in [1.165, 1.54) is 7.11 Å². The largest absolute Gasteiger partial charge is 0.496 e. The van der Waals surface area contributed by atoms with Crippen LogP contribution < -0.4 is 5.46 Å². The Balaban J connectivity index is 2.20.